The van der Waals surface area contributed by atoms with Crippen molar-refractivity contribution in [3.05, 3.63) is 105 Å². The summed E-state index contributed by atoms with van der Waals surface area (Å²) in [6.45, 7) is 0. The zero-order valence-electron chi connectivity index (χ0n) is 15.4. The Morgan fingerprint density at radius 2 is 1.70 bits per heavy atom. The number of aromatic amines is 1. The van der Waals surface area contributed by atoms with Gasteiger partial charge in [0.05, 0.1) is 11.7 Å². The number of anilines is 1. The number of nitrogens with one attached hydrogen (secondary N) is 1. The molecular weight excluding hydrogens is 424 g/mol. The van der Waals surface area contributed by atoms with Gasteiger partial charge in [-0.15, -0.1) is 0 Å². The molecule has 4 aromatic rings. The fraction of sp³-hybridized carbons (Fsp3) is 0.0435. The van der Waals surface area contributed by atoms with Gasteiger partial charge in [0.1, 0.15) is 11.5 Å². The molecule has 1 atom stereocenters. The van der Waals surface area contributed by atoms with Gasteiger partial charge in [-0.05, 0) is 54.1 Å². The molecule has 0 radical (unpaired) electrons. The van der Waals surface area contributed by atoms with Crippen molar-refractivity contribution in [2.24, 2.45) is 0 Å². The Morgan fingerprint density at radius 1 is 0.967 bits per heavy atom. The van der Waals surface area contributed by atoms with E-state index in [1.807, 2.05) is 36.4 Å². The molecule has 148 valence electrons. The number of amides is 1. The molecule has 1 amide bonds. The van der Waals surface area contributed by atoms with E-state index in [-0.39, 0.29) is 11.7 Å². The minimum Gasteiger partial charge on any atom is -0.295 e. The molecular formula is C23H14Cl2FN3O. The lowest BCUT2D eigenvalue weighted by atomic mass is 9.95. The highest BCUT2D eigenvalue weighted by molar-refractivity contribution is 6.35. The molecule has 0 saturated carbocycles. The highest BCUT2D eigenvalue weighted by Gasteiger charge is 2.43. The average Bonchev–Trinajstić information content (AvgIpc) is 3.29. The first-order valence-electron chi connectivity index (χ1n) is 9.22. The number of hydrogen-bond acceptors (Lipinski definition) is 2. The van der Waals surface area contributed by atoms with E-state index >= 15 is 0 Å². The lowest BCUT2D eigenvalue weighted by Gasteiger charge is -2.27. The molecule has 0 unspecified atom stereocenters. The summed E-state index contributed by atoms with van der Waals surface area (Å²) in [6, 6.07) is 20.1. The van der Waals surface area contributed by atoms with Gasteiger partial charge < -0.3 is 0 Å². The van der Waals surface area contributed by atoms with Crippen molar-refractivity contribution < 1.29 is 9.18 Å². The van der Waals surface area contributed by atoms with Crippen LogP contribution in [0.1, 0.15) is 27.7 Å². The van der Waals surface area contributed by atoms with Crippen LogP contribution < -0.4 is 4.90 Å². The molecule has 0 bridgehead atoms. The van der Waals surface area contributed by atoms with Crippen LogP contribution in [-0.2, 0) is 0 Å². The number of aromatic nitrogens is 2. The molecule has 2 heterocycles. The van der Waals surface area contributed by atoms with Crippen LogP contribution >= 0.6 is 23.2 Å². The maximum atomic E-state index is 13.5. The first-order chi connectivity index (χ1) is 14.5. The summed E-state index contributed by atoms with van der Waals surface area (Å²) >= 11 is 12.7. The van der Waals surface area contributed by atoms with Crippen molar-refractivity contribution in [1.82, 2.24) is 10.2 Å². The topological polar surface area (TPSA) is 49.0 Å². The van der Waals surface area contributed by atoms with Crippen LogP contribution in [0.3, 0.4) is 0 Å². The summed E-state index contributed by atoms with van der Waals surface area (Å²) in [6.07, 6.45) is 0. The number of hydrogen-bond donors (Lipinski definition) is 1. The number of para-hydroxylation sites is 1. The fourth-order valence-electron chi connectivity index (χ4n) is 3.85. The van der Waals surface area contributed by atoms with Crippen LogP contribution in [0.15, 0.2) is 72.8 Å². The molecule has 0 fully saturated rings. The van der Waals surface area contributed by atoms with E-state index < -0.39 is 6.04 Å². The third-order valence-corrected chi connectivity index (χ3v) is 5.74. The molecule has 0 aliphatic carbocycles. The van der Waals surface area contributed by atoms with Crippen LogP contribution in [-0.4, -0.2) is 16.1 Å². The molecule has 4 nitrogen and oxygen atoms in total. The molecule has 30 heavy (non-hydrogen) atoms. The number of halogens is 3. The first-order valence-corrected chi connectivity index (χ1v) is 9.98. The highest BCUT2D eigenvalue weighted by Crippen LogP contribution is 2.46. The molecule has 5 rings (SSSR count). The summed E-state index contributed by atoms with van der Waals surface area (Å²) in [5.74, 6) is -0.557. The van der Waals surface area contributed by atoms with Crippen LogP contribution in [0.5, 0.6) is 0 Å². The molecule has 1 aliphatic heterocycles. The van der Waals surface area contributed by atoms with Crippen molar-refractivity contribution in [1.29, 1.82) is 0 Å². The number of H-pyrrole nitrogens is 1. The van der Waals surface area contributed by atoms with Crippen LogP contribution in [0.25, 0.3) is 11.3 Å². The van der Waals surface area contributed by atoms with Gasteiger partial charge in [-0.3, -0.25) is 14.8 Å². The van der Waals surface area contributed by atoms with Crippen molar-refractivity contribution in [3.8, 4) is 11.3 Å². The molecule has 1 N–H and O–H groups in total. The van der Waals surface area contributed by atoms with E-state index in [4.69, 9.17) is 23.2 Å². The van der Waals surface area contributed by atoms with Crippen molar-refractivity contribution in [2.45, 2.75) is 6.04 Å². The molecule has 1 aliphatic rings. The number of benzene rings is 3. The highest BCUT2D eigenvalue weighted by atomic mass is 35.5. The van der Waals surface area contributed by atoms with Crippen molar-refractivity contribution in [3.63, 3.8) is 0 Å². The van der Waals surface area contributed by atoms with Gasteiger partial charge in [0.25, 0.3) is 5.91 Å². The number of carbonyl (C=O) groups is 1. The number of fused-ring (bicyclic) bond motifs is 1. The largest absolute Gasteiger partial charge is 0.295 e. The average molecular weight is 438 g/mol. The van der Waals surface area contributed by atoms with Crippen molar-refractivity contribution in [2.75, 3.05) is 4.90 Å². The normalized spacial score (nSPS) is 15.5. The number of carbonyl (C=O) groups excluding carboxylic acids is 1. The van der Waals surface area contributed by atoms with E-state index in [9.17, 15) is 9.18 Å². The lowest BCUT2D eigenvalue weighted by Crippen LogP contribution is -2.29. The van der Waals surface area contributed by atoms with E-state index in [1.165, 1.54) is 12.1 Å². The molecule has 0 saturated heterocycles. The second-order valence-corrected chi connectivity index (χ2v) is 7.79. The fourth-order valence-corrected chi connectivity index (χ4v) is 4.36. The molecule has 3 aromatic carbocycles. The van der Waals surface area contributed by atoms with Crippen LogP contribution in [0, 0.1) is 5.82 Å². The van der Waals surface area contributed by atoms with Gasteiger partial charge >= 0.3 is 0 Å². The Labute approximate surface area is 181 Å². The Morgan fingerprint density at radius 3 is 2.40 bits per heavy atom. The molecule has 0 spiro atoms. The van der Waals surface area contributed by atoms with Gasteiger partial charge in [-0.2, -0.15) is 5.10 Å². The zero-order valence-corrected chi connectivity index (χ0v) is 17.0. The van der Waals surface area contributed by atoms with Gasteiger partial charge in [-0.1, -0.05) is 47.5 Å². The maximum Gasteiger partial charge on any atom is 0.277 e. The second-order valence-electron chi connectivity index (χ2n) is 6.95. The predicted molar refractivity (Wildman–Crippen MR) is 116 cm³/mol. The Hall–Kier alpha value is -3.15. The van der Waals surface area contributed by atoms with Crippen molar-refractivity contribution >= 4 is 34.8 Å². The first kappa shape index (κ1) is 18.9. The summed E-state index contributed by atoms with van der Waals surface area (Å²) in [5, 5.41) is 8.20. The molecule has 7 heteroatoms. The van der Waals surface area contributed by atoms with Gasteiger partial charge in [0.15, 0.2) is 0 Å². The minimum absolute atomic E-state index is 0.215. The number of nitrogens with zero attached hydrogens (tertiary/aromatic N) is 2. The lowest BCUT2D eigenvalue weighted by molar-refractivity contribution is 0.0989. The summed E-state index contributed by atoms with van der Waals surface area (Å²) in [7, 11) is 0. The third kappa shape index (κ3) is 2.98. The summed E-state index contributed by atoms with van der Waals surface area (Å²) in [5.41, 5.74) is 3.81. The quantitative estimate of drug-likeness (QED) is 0.410. The molecule has 1 aromatic heterocycles. The van der Waals surface area contributed by atoms with E-state index in [0.717, 1.165) is 11.3 Å². The van der Waals surface area contributed by atoms with Gasteiger partial charge in [0, 0.05) is 26.9 Å². The third-order valence-electron chi connectivity index (χ3n) is 5.18. The van der Waals surface area contributed by atoms with Gasteiger partial charge in [-0.25, -0.2) is 4.39 Å². The SMILES string of the molecule is O=C1c2[nH]nc(-c3ccc(F)cc3)c2[C@H](c2ccc(Cl)cc2Cl)N1c1ccccc1. The summed E-state index contributed by atoms with van der Waals surface area (Å²) in [4.78, 5) is 15.1. The van der Waals surface area contributed by atoms with E-state index in [0.29, 0.717) is 32.6 Å². The monoisotopic (exact) mass is 437 g/mol. The van der Waals surface area contributed by atoms with Crippen LogP contribution in [0.4, 0.5) is 10.1 Å². The van der Waals surface area contributed by atoms with E-state index in [1.54, 1.807) is 29.2 Å². The summed E-state index contributed by atoms with van der Waals surface area (Å²) < 4.78 is 13.5. The minimum atomic E-state index is -0.515. The second kappa shape index (κ2) is 7.27. The predicted octanol–water partition coefficient (Wildman–Crippen LogP) is 6.27. The van der Waals surface area contributed by atoms with E-state index in [2.05, 4.69) is 10.2 Å². The van der Waals surface area contributed by atoms with Crippen LogP contribution in [0.2, 0.25) is 10.0 Å². The Balaban J connectivity index is 1.75. The standard InChI is InChI=1S/C23H14Cl2FN3O/c24-14-8-11-17(18(25)12-14)22-19-20(13-6-9-15(26)10-7-13)27-28-21(19)23(30)29(22)16-4-2-1-3-5-16/h1-12,22H,(H,27,28)/t22-/m0/s1. The maximum absolute atomic E-state index is 13.5. The number of rotatable bonds is 3. The van der Waals surface area contributed by atoms with Gasteiger partial charge in [0.2, 0.25) is 0 Å². The zero-order chi connectivity index (χ0) is 20.8. The smallest absolute Gasteiger partial charge is 0.277 e. The Kier molecular flexibility index (Phi) is 4.57. The Bertz CT molecular complexity index is 1260.